The van der Waals surface area contributed by atoms with E-state index in [1.165, 1.54) is 47.9 Å². The van der Waals surface area contributed by atoms with Crippen LogP contribution in [0.1, 0.15) is 89.5 Å². The van der Waals surface area contributed by atoms with Gasteiger partial charge >= 0.3 is 195 Å². The van der Waals surface area contributed by atoms with E-state index in [1.54, 1.807) is 18.9 Å². The molecule has 0 radical (unpaired) electrons. The van der Waals surface area contributed by atoms with Crippen LogP contribution in [0, 0.1) is 0 Å². The molecule has 0 aromatic heterocycles. The van der Waals surface area contributed by atoms with Gasteiger partial charge in [0.2, 0.25) is 0 Å². The quantitative estimate of drug-likeness (QED) is 0.452. The molecule has 33 heavy (non-hydrogen) atoms. The summed E-state index contributed by atoms with van der Waals surface area (Å²) in [6.07, 6.45) is 13.6. The molecule has 1 fully saturated rings. The summed E-state index contributed by atoms with van der Waals surface area (Å²) in [5.41, 5.74) is 9.57. The van der Waals surface area contributed by atoms with Crippen LogP contribution in [-0.2, 0) is 34.7 Å². The zero-order valence-electron chi connectivity index (χ0n) is 20.9. The number of halogens is 2. The number of rotatable bonds is 2. The maximum Gasteiger partial charge on any atom is -1.00 e. The van der Waals surface area contributed by atoms with E-state index in [0.29, 0.717) is 0 Å². The first-order valence-electron chi connectivity index (χ1n) is 12.0. The molecule has 0 bridgehead atoms. The van der Waals surface area contributed by atoms with Crippen molar-refractivity contribution in [1.29, 1.82) is 0 Å². The van der Waals surface area contributed by atoms with Crippen LogP contribution in [0.15, 0.2) is 52.4 Å². The molecule has 5 rings (SSSR count). The Morgan fingerprint density at radius 3 is 2.00 bits per heavy atom. The molecule has 3 aliphatic carbocycles. The van der Waals surface area contributed by atoms with Gasteiger partial charge in [-0.25, -0.2) is 0 Å². The van der Waals surface area contributed by atoms with Crippen LogP contribution in [0.2, 0.25) is 0 Å². The average molecular weight is 515 g/mol. The van der Waals surface area contributed by atoms with Gasteiger partial charge in [0.05, 0.1) is 0 Å². The van der Waals surface area contributed by atoms with Gasteiger partial charge in [-0.1, -0.05) is 0 Å². The van der Waals surface area contributed by atoms with Crippen LogP contribution < -0.4 is 28.7 Å². The summed E-state index contributed by atoms with van der Waals surface area (Å²) in [6.45, 7) is 14.1. The largest absolute Gasteiger partial charge is 1.00 e. The Morgan fingerprint density at radius 2 is 1.45 bits per heavy atom. The first kappa shape index (κ1) is 26.7. The van der Waals surface area contributed by atoms with Crippen molar-refractivity contribution in [2.75, 3.05) is 0 Å². The molecule has 0 unspecified atom stereocenters. The van der Waals surface area contributed by atoms with E-state index in [2.05, 4.69) is 90.1 Å². The van der Waals surface area contributed by atoms with Crippen LogP contribution in [0.25, 0.3) is 11.1 Å². The number of allylic oxidation sites excluding steroid dienone is 4. The van der Waals surface area contributed by atoms with Crippen LogP contribution in [-0.4, -0.2) is 3.81 Å². The Bertz CT molecular complexity index is 1160. The smallest absolute Gasteiger partial charge is 1.00 e. The molecule has 2 aromatic rings. The van der Waals surface area contributed by atoms with Gasteiger partial charge in [-0.15, -0.1) is 0 Å². The Morgan fingerprint density at radius 1 is 0.788 bits per heavy atom. The molecule has 2 aromatic carbocycles. The Balaban J connectivity index is 0.00000153. The second kappa shape index (κ2) is 9.62. The van der Waals surface area contributed by atoms with E-state index in [0.717, 1.165) is 6.42 Å². The summed E-state index contributed by atoms with van der Waals surface area (Å²) in [6, 6.07) is 12.5. The van der Waals surface area contributed by atoms with E-state index in [9.17, 15) is 0 Å². The van der Waals surface area contributed by atoms with Crippen molar-refractivity contribution in [3.05, 3.63) is 74.7 Å². The summed E-state index contributed by atoms with van der Waals surface area (Å²) in [5, 5.41) is 0. The Hall–Kier alpha value is -0.916. The predicted octanol–water partition coefficient (Wildman–Crippen LogP) is 1.30. The van der Waals surface area contributed by atoms with Gasteiger partial charge in [-0.05, 0) is 0 Å². The molecule has 3 aliphatic rings. The first-order chi connectivity index (χ1) is 14.6. The zero-order valence-corrected chi connectivity index (χ0v) is 24.0. The number of hydrogen-bond donors (Lipinski definition) is 0. The number of hydrogen-bond acceptors (Lipinski definition) is 0. The van der Waals surface area contributed by atoms with Crippen molar-refractivity contribution in [3.8, 4) is 11.1 Å². The number of fused-ring (bicyclic) bond motifs is 3. The third kappa shape index (κ3) is 4.92. The molecule has 0 heterocycles. The molecule has 3 heteroatoms. The van der Waals surface area contributed by atoms with Crippen molar-refractivity contribution in [3.63, 3.8) is 0 Å². The molecule has 0 aliphatic heterocycles. The van der Waals surface area contributed by atoms with E-state index >= 15 is 0 Å². The predicted molar refractivity (Wildman–Crippen MR) is 132 cm³/mol. The van der Waals surface area contributed by atoms with Crippen molar-refractivity contribution < 1.29 is 42.2 Å². The SMILES string of the molecule is CC(C)(C)c1ccc2c(c1)-c1cc(C(C)(C)C)c[c]([Ti+2]([C]3=CC=CC3)=[C]3CCC3)c1C2.[Cl-].[Cl-]. The van der Waals surface area contributed by atoms with E-state index in [1.807, 2.05) is 3.81 Å². The fraction of sp³-hybridized carbons (Fsp3) is 0.433. The minimum absolute atomic E-state index is 0. The molecule has 0 nitrogen and oxygen atoms in total. The van der Waals surface area contributed by atoms with E-state index in [4.69, 9.17) is 0 Å². The summed E-state index contributed by atoms with van der Waals surface area (Å²) in [4.78, 5) is 0. The molecule has 0 atom stereocenters. The third-order valence-electron chi connectivity index (χ3n) is 7.42. The second-order valence-corrected chi connectivity index (χ2v) is 15.9. The fourth-order valence-corrected chi connectivity index (χ4v) is 10.6. The van der Waals surface area contributed by atoms with Crippen LogP contribution in [0.5, 0.6) is 0 Å². The summed E-state index contributed by atoms with van der Waals surface area (Å²) >= 11 is -1.61. The molecular formula is C30H36Cl2Ti. The average Bonchev–Trinajstić information content (AvgIpc) is 3.29. The minimum Gasteiger partial charge on any atom is -1.00 e. The fourth-order valence-electron chi connectivity index (χ4n) is 5.22. The first-order valence-corrected chi connectivity index (χ1v) is 14.4. The van der Waals surface area contributed by atoms with Crippen molar-refractivity contribution >= 4 is 7.68 Å². The van der Waals surface area contributed by atoms with E-state index in [-0.39, 0.29) is 35.6 Å². The Kier molecular flexibility index (Phi) is 7.78. The minimum atomic E-state index is -1.61. The normalized spacial score (nSPS) is 16.0. The molecule has 0 spiro atoms. The maximum atomic E-state index is 2.65. The van der Waals surface area contributed by atoms with Crippen molar-refractivity contribution in [2.45, 2.75) is 84.5 Å². The molecule has 0 N–H and O–H groups in total. The maximum absolute atomic E-state index is 2.65. The van der Waals surface area contributed by atoms with Crippen molar-refractivity contribution in [2.24, 2.45) is 0 Å². The van der Waals surface area contributed by atoms with Gasteiger partial charge in [-0.3, -0.25) is 0 Å². The van der Waals surface area contributed by atoms with Gasteiger partial charge in [0.1, 0.15) is 0 Å². The monoisotopic (exact) mass is 514 g/mol. The van der Waals surface area contributed by atoms with Gasteiger partial charge in [0.15, 0.2) is 0 Å². The summed E-state index contributed by atoms with van der Waals surface area (Å²) < 4.78 is 5.46. The molecular weight excluding hydrogens is 479 g/mol. The second-order valence-electron chi connectivity index (χ2n) is 11.8. The van der Waals surface area contributed by atoms with E-state index < -0.39 is 17.4 Å². The molecule has 0 amide bonds. The summed E-state index contributed by atoms with van der Waals surface area (Å²) in [7, 11) is 0. The van der Waals surface area contributed by atoms with Crippen LogP contribution in [0.4, 0.5) is 0 Å². The third-order valence-corrected chi connectivity index (χ3v) is 12.4. The van der Waals surface area contributed by atoms with Gasteiger partial charge in [0.25, 0.3) is 0 Å². The van der Waals surface area contributed by atoms with Gasteiger partial charge in [-0.2, -0.15) is 0 Å². The van der Waals surface area contributed by atoms with Crippen molar-refractivity contribution in [1.82, 2.24) is 0 Å². The molecule has 174 valence electrons. The Labute approximate surface area is 219 Å². The standard InChI is InChI=1S/C21H25.C5H5.C4H6.2ClH.Ti/c1-20(2,3)16-9-7-14-11-15-8-10-17(21(4,5)6)13-19(15)18(14)12-16;1-2-4-5-3-1;1-2-4-3-1;;;/h7,9-10,12-13H,11H2,1-6H3;1-3H,4H2;1-3H2;2*1H;/q;;;;;+2/p-2. The topological polar surface area (TPSA) is 0 Å². The van der Waals surface area contributed by atoms with Gasteiger partial charge in [0, 0.05) is 0 Å². The molecule has 0 saturated heterocycles. The number of benzene rings is 2. The van der Waals surface area contributed by atoms with Crippen LogP contribution in [0.3, 0.4) is 0 Å². The molecule has 1 saturated carbocycles. The van der Waals surface area contributed by atoms with Crippen LogP contribution >= 0.6 is 0 Å². The van der Waals surface area contributed by atoms with Gasteiger partial charge < -0.3 is 24.8 Å². The zero-order chi connectivity index (χ0) is 22.0. The summed E-state index contributed by atoms with van der Waals surface area (Å²) in [5.74, 6) is 0.